The summed E-state index contributed by atoms with van der Waals surface area (Å²) < 4.78 is 0. The van der Waals surface area contributed by atoms with Gasteiger partial charge in [0.1, 0.15) is 0 Å². The lowest BCUT2D eigenvalue weighted by Crippen LogP contribution is -2.38. The maximum absolute atomic E-state index is 12.6. The van der Waals surface area contributed by atoms with E-state index < -0.39 is 0 Å². The number of carbonyl (C=O) groups is 3. The van der Waals surface area contributed by atoms with E-state index in [4.69, 9.17) is 0 Å². The van der Waals surface area contributed by atoms with Gasteiger partial charge in [0.05, 0.1) is 0 Å². The van der Waals surface area contributed by atoms with Gasteiger partial charge in [0.25, 0.3) is 0 Å². The summed E-state index contributed by atoms with van der Waals surface area (Å²) in [6, 6.07) is 0.209. The number of hydrogen-bond acceptors (Lipinski definition) is 3. The molecular formula is C44H87N3O3. The Hall–Kier alpha value is -1.59. The van der Waals surface area contributed by atoms with E-state index in [1.165, 1.54) is 128 Å². The molecule has 0 unspecified atom stereocenters. The third-order valence-electron chi connectivity index (χ3n) is 10.3. The fraction of sp³-hybridized carbons (Fsp3) is 0.932. The number of nitrogens with one attached hydrogen (secondary N) is 3. The van der Waals surface area contributed by atoms with Crippen molar-refractivity contribution in [2.75, 3.05) is 13.1 Å². The largest absolute Gasteiger partial charge is 0.356 e. The van der Waals surface area contributed by atoms with Crippen LogP contribution in [0.2, 0.25) is 0 Å². The molecule has 0 fully saturated rings. The average molecular weight is 706 g/mol. The zero-order valence-corrected chi connectivity index (χ0v) is 34.1. The molecule has 3 N–H and O–H groups in total. The maximum Gasteiger partial charge on any atom is 0.220 e. The van der Waals surface area contributed by atoms with Crippen LogP contribution in [-0.4, -0.2) is 36.9 Å². The van der Waals surface area contributed by atoms with E-state index >= 15 is 0 Å². The minimum Gasteiger partial charge on any atom is -0.356 e. The number of rotatable bonds is 39. The Bertz CT molecular complexity index is 757. The van der Waals surface area contributed by atoms with Gasteiger partial charge in [-0.3, -0.25) is 14.4 Å². The molecule has 0 heterocycles. The molecule has 6 heteroatoms. The Morgan fingerprint density at radius 2 is 0.680 bits per heavy atom. The lowest BCUT2D eigenvalue weighted by Gasteiger charge is -2.22. The van der Waals surface area contributed by atoms with E-state index in [9.17, 15) is 14.4 Å². The van der Waals surface area contributed by atoms with Crippen LogP contribution in [0.3, 0.4) is 0 Å². The number of carbonyl (C=O) groups excluding carboxylic acids is 3. The first kappa shape index (κ1) is 48.4. The van der Waals surface area contributed by atoms with Gasteiger partial charge in [-0.15, -0.1) is 0 Å². The summed E-state index contributed by atoms with van der Waals surface area (Å²) in [4.78, 5) is 36.9. The molecule has 0 saturated heterocycles. The van der Waals surface area contributed by atoms with Crippen LogP contribution in [0.15, 0.2) is 0 Å². The lowest BCUT2D eigenvalue weighted by molar-refractivity contribution is -0.122. The molecule has 0 aromatic carbocycles. The number of hydrogen-bond donors (Lipinski definition) is 3. The predicted molar refractivity (Wildman–Crippen MR) is 216 cm³/mol. The van der Waals surface area contributed by atoms with Gasteiger partial charge in [0.15, 0.2) is 0 Å². The summed E-state index contributed by atoms with van der Waals surface area (Å²) in [5.41, 5.74) is 0. The normalized spacial score (nSPS) is 11.9. The van der Waals surface area contributed by atoms with E-state index in [-0.39, 0.29) is 23.8 Å². The van der Waals surface area contributed by atoms with Gasteiger partial charge in [-0.05, 0) is 50.9 Å². The highest BCUT2D eigenvalue weighted by Crippen LogP contribution is 2.15. The Morgan fingerprint density at radius 3 is 1.04 bits per heavy atom. The smallest absolute Gasteiger partial charge is 0.220 e. The summed E-state index contributed by atoms with van der Waals surface area (Å²) in [6.07, 6.45) is 38.9. The quantitative estimate of drug-likeness (QED) is 0.0556. The molecule has 0 rings (SSSR count). The van der Waals surface area contributed by atoms with Gasteiger partial charge in [-0.1, -0.05) is 175 Å². The molecule has 1 atom stereocenters. The summed E-state index contributed by atoms with van der Waals surface area (Å²) in [5.74, 6) is 0.906. The van der Waals surface area contributed by atoms with E-state index in [1.54, 1.807) is 0 Å². The second-order valence-electron chi connectivity index (χ2n) is 15.7. The van der Waals surface area contributed by atoms with Gasteiger partial charge >= 0.3 is 0 Å². The van der Waals surface area contributed by atoms with Crippen LogP contribution >= 0.6 is 0 Å². The van der Waals surface area contributed by atoms with Crippen molar-refractivity contribution >= 4 is 17.7 Å². The van der Waals surface area contributed by atoms with Gasteiger partial charge in [-0.2, -0.15) is 0 Å². The molecule has 0 aliphatic carbocycles. The lowest BCUT2D eigenvalue weighted by atomic mass is 9.98. The van der Waals surface area contributed by atoms with Crippen molar-refractivity contribution in [3.63, 3.8) is 0 Å². The molecule has 0 aromatic rings. The fourth-order valence-corrected chi connectivity index (χ4v) is 6.81. The molecular weight excluding hydrogens is 619 g/mol. The molecule has 3 amide bonds. The minimum absolute atomic E-state index is 0.122. The Labute approximate surface area is 312 Å². The highest BCUT2D eigenvalue weighted by molar-refractivity contribution is 5.76. The molecule has 50 heavy (non-hydrogen) atoms. The van der Waals surface area contributed by atoms with E-state index in [0.717, 1.165) is 64.2 Å². The van der Waals surface area contributed by atoms with E-state index in [2.05, 4.69) is 43.6 Å². The predicted octanol–water partition coefficient (Wildman–Crippen LogP) is 12.3. The zero-order chi connectivity index (χ0) is 36.8. The topological polar surface area (TPSA) is 87.3 Å². The van der Waals surface area contributed by atoms with Crippen molar-refractivity contribution in [3.8, 4) is 0 Å². The van der Waals surface area contributed by atoms with Crippen LogP contribution in [0, 0.1) is 5.92 Å². The van der Waals surface area contributed by atoms with Crippen molar-refractivity contribution in [1.29, 1.82) is 0 Å². The highest BCUT2D eigenvalue weighted by atomic mass is 16.2. The van der Waals surface area contributed by atoms with Gasteiger partial charge in [-0.25, -0.2) is 0 Å². The summed E-state index contributed by atoms with van der Waals surface area (Å²) in [6.45, 7) is 10.3. The summed E-state index contributed by atoms with van der Waals surface area (Å²) in [7, 11) is 0. The summed E-state index contributed by atoms with van der Waals surface area (Å²) >= 11 is 0. The zero-order valence-electron chi connectivity index (χ0n) is 34.1. The van der Waals surface area contributed by atoms with Crippen molar-refractivity contribution in [3.05, 3.63) is 0 Å². The molecule has 0 spiro atoms. The Kier molecular flexibility index (Phi) is 37.4. The molecule has 0 bridgehead atoms. The second-order valence-corrected chi connectivity index (χ2v) is 15.7. The highest BCUT2D eigenvalue weighted by Gasteiger charge is 2.15. The Balaban J connectivity index is 3.62. The van der Waals surface area contributed by atoms with Crippen molar-refractivity contribution in [1.82, 2.24) is 16.0 Å². The van der Waals surface area contributed by atoms with Crippen LogP contribution in [-0.2, 0) is 14.4 Å². The van der Waals surface area contributed by atoms with E-state index in [0.29, 0.717) is 38.3 Å². The first-order chi connectivity index (χ1) is 24.4. The van der Waals surface area contributed by atoms with E-state index in [1.807, 2.05) is 0 Å². The Morgan fingerprint density at radius 1 is 0.380 bits per heavy atom. The van der Waals surface area contributed by atoms with Crippen molar-refractivity contribution < 1.29 is 14.4 Å². The fourth-order valence-electron chi connectivity index (χ4n) is 6.81. The van der Waals surface area contributed by atoms with Crippen LogP contribution < -0.4 is 16.0 Å². The molecule has 0 aliphatic rings. The molecule has 0 saturated carbocycles. The van der Waals surface area contributed by atoms with Gasteiger partial charge in [0.2, 0.25) is 17.7 Å². The van der Waals surface area contributed by atoms with Crippen LogP contribution in [0.25, 0.3) is 0 Å². The first-order valence-corrected chi connectivity index (χ1v) is 22.2. The molecule has 6 nitrogen and oxygen atoms in total. The van der Waals surface area contributed by atoms with Crippen LogP contribution in [0.1, 0.15) is 240 Å². The SMILES string of the molecule is CCCCCCCCCCCCCCCC(=O)N[C@@H](CCCCNC(=O)CCCCCNC(=O)CCCCCCCCCCCCC)C(C)C. The molecule has 0 aliphatic heterocycles. The van der Waals surface area contributed by atoms with Crippen molar-refractivity contribution in [2.24, 2.45) is 5.92 Å². The van der Waals surface area contributed by atoms with Gasteiger partial charge in [0, 0.05) is 38.4 Å². The molecule has 296 valence electrons. The average Bonchev–Trinajstić information content (AvgIpc) is 3.09. The van der Waals surface area contributed by atoms with Crippen LogP contribution in [0.4, 0.5) is 0 Å². The standard InChI is InChI=1S/C44H87N3O3/c1-5-7-9-11-13-15-17-18-20-22-24-26-29-37-44(50)47-41(40(3)4)34-31-33-39-46-43(49)36-30-27-32-38-45-42(48)35-28-25-23-21-19-16-14-12-10-8-6-2/h40-41H,5-39H2,1-4H3,(H,45,48)(H,46,49)(H,47,50)/t41-/m0/s1. The second kappa shape index (κ2) is 38.6. The van der Waals surface area contributed by atoms with Crippen LogP contribution in [0.5, 0.6) is 0 Å². The first-order valence-electron chi connectivity index (χ1n) is 22.2. The minimum atomic E-state index is 0.122. The monoisotopic (exact) mass is 706 g/mol. The van der Waals surface area contributed by atoms with Crippen molar-refractivity contribution in [2.45, 2.75) is 246 Å². The summed E-state index contributed by atoms with van der Waals surface area (Å²) in [5, 5.41) is 9.39. The maximum atomic E-state index is 12.6. The van der Waals surface area contributed by atoms with Gasteiger partial charge < -0.3 is 16.0 Å². The third-order valence-corrected chi connectivity index (χ3v) is 10.3. The molecule has 0 radical (unpaired) electrons. The number of unbranched alkanes of at least 4 members (excludes halogenated alkanes) is 25. The molecule has 0 aromatic heterocycles. The third kappa shape index (κ3) is 36.2. The number of amides is 3.